The second-order valence-corrected chi connectivity index (χ2v) is 12.2. The lowest BCUT2D eigenvalue weighted by atomic mass is 9.94. The van der Waals surface area contributed by atoms with Crippen LogP contribution in [0.15, 0.2) is 48.5 Å². The number of hydrogen-bond donors (Lipinski definition) is 2. The zero-order chi connectivity index (χ0) is 26.5. The molecule has 218 valence electrons. The third-order valence-corrected chi connectivity index (χ3v) is 10.2. The molecule has 2 aromatic rings. The topological polar surface area (TPSA) is 102 Å². The molecule has 2 N–H and O–H groups in total. The fourth-order valence-corrected chi connectivity index (χ4v) is 7.25. The number of piperidine rings is 1. The highest BCUT2D eigenvalue weighted by Crippen LogP contribution is 2.36. The highest BCUT2D eigenvalue weighted by molar-refractivity contribution is 7.91. The zero-order valence-electron chi connectivity index (χ0n) is 21.9. The van der Waals surface area contributed by atoms with Gasteiger partial charge in [0, 0.05) is 55.7 Å². The first-order chi connectivity index (χ1) is 17.8. The van der Waals surface area contributed by atoms with Gasteiger partial charge in [-0.2, -0.15) is 4.31 Å². The van der Waals surface area contributed by atoms with Crippen molar-refractivity contribution in [3.05, 3.63) is 53.6 Å². The van der Waals surface area contributed by atoms with Gasteiger partial charge in [0.05, 0.1) is 6.61 Å². The summed E-state index contributed by atoms with van der Waals surface area (Å²) in [5, 5.41) is 10.1. The molecule has 0 bridgehead atoms. The van der Waals surface area contributed by atoms with Crippen molar-refractivity contribution < 1.29 is 23.2 Å². The van der Waals surface area contributed by atoms with Crippen LogP contribution in [-0.2, 0) is 14.8 Å². The zero-order valence-corrected chi connectivity index (χ0v) is 25.1. The van der Waals surface area contributed by atoms with Crippen LogP contribution in [-0.4, -0.2) is 74.5 Å². The van der Waals surface area contributed by atoms with Gasteiger partial charge in [0.1, 0.15) is 5.75 Å². The largest absolute Gasteiger partial charge is 0.494 e. The van der Waals surface area contributed by atoms with E-state index in [9.17, 15) is 18.4 Å². The Bertz CT molecular complexity index is 1150. The third kappa shape index (κ3) is 7.23. The quantitative estimate of drug-likeness (QED) is 0.243. The van der Waals surface area contributed by atoms with Crippen LogP contribution in [0, 0.1) is 0 Å². The number of halogens is 3. The van der Waals surface area contributed by atoms with Crippen molar-refractivity contribution in [2.45, 2.75) is 37.4 Å². The van der Waals surface area contributed by atoms with Gasteiger partial charge in [-0.15, -0.1) is 24.8 Å². The van der Waals surface area contributed by atoms with Gasteiger partial charge in [0.15, 0.2) is 4.75 Å². The number of amides is 1. The number of carbonyl (C=O) groups excluding carboxylic acids is 1. The fraction of sp³-hybridized carbons (Fsp3) is 0.500. The molecule has 39 heavy (non-hydrogen) atoms. The van der Waals surface area contributed by atoms with E-state index in [1.54, 1.807) is 17.6 Å². The Morgan fingerprint density at radius 2 is 1.44 bits per heavy atom. The van der Waals surface area contributed by atoms with Crippen molar-refractivity contribution in [3.63, 3.8) is 0 Å². The first kappa shape index (κ1) is 33.3. The molecule has 2 aliphatic heterocycles. The molecule has 0 saturated carbocycles. The Morgan fingerprint density at radius 3 is 1.95 bits per heavy atom. The van der Waals surface area contributed by atoms with Crippen molar-refractivity contribution in [1.82, 2.24) is 9.79 Å². The van der Waals surface area contributed by atoms with Gasteiger partial charge in [-0.25, -0.2) is 13.9 Å². The molecular formula is C26H37Cl3N4O5S. The van der Waals surface area contributed by atoms with E-state index in [0.717, 1.165) is 30.0 Å². The van der Waals surface area contributed by atoms with Crippen LogP contribution in [0.25, 0.3) is 0 Å². The summed E-state index contributed by atoms with van der Waals surface area (Å²) in [6, 6.07) is 15.1. The first-order valence-corrected chi connectivity index (χ1v) is 14.5. The molecular weight excluding hydrogens is 587 g/mol. The molecule has 2 fully saturated rings. The van der Waals surface area contributed by atoms with Crippen LogP contribution in [0.1, 0.15) is 32.6 Å². The number of hydroxylamine groups is 1. The SMILES string of the molecule is CCCCOc1ccc(N2CCN(S(=O)(=O)C3(C(=O)NO)CCN(c4ccc(Cl)cc4)CC3)CC2)cc1.Cl.Cl. The Labute approximate surface area is 248 Å². The third-order valence-electron chi connectivity index (χ3n) is 7.32. The number of nitrogens with zero attached hydrogens (tertiary/aromatic N) is 3. The van der Waals surface area contributed by atoms with Gasteiger partial charge in [-0.1, -0.05) is 24.9 Å². The summed E-state index contributed by atoms with van der Waals surface area (Å²) < 4.78 is 33.1. The molecule has 2 saturated heterocycles. The van der Waals surface area contributed by atoms with Crippen LogP contribution in [0.4, 0.5) is 11.4 Å². The number of carbonyl (C=O) groups is 1. The van der Waals surface area contributed by atoms with Crippen LogP contribution < -0.4 is 20.0 Å². The van der Waals surface area contributed by atoms with Crippen molar-refractivity contribution in [2.24, 2.45) is 0 Å². The van der Waals surface area contributed by atoms with E-state index in [0.29, 0.717) is 37.8 Å². The van der Waals surface area contributed by atoms with Crippen molar-refractivity contribution in [2.75, 3.05) is 55.7 Å². The Kier molecular flexibility index (Phi) is 12.5. The lowest BCUT2D eigenvalue weighted by Gasteiger charge is -2.44. The predicted molar refractivity (Wildman–Crippen MR) is 160 cm³/mol. The number of ether oxygens (including phenoxy) is 1. The molecule has 0 unspecified atom stereocenters. The number of rotatable bonds is 9. The van der Waals surface area contributed by atoms with Crippen molar-refractivity contribution in [1.29, 1.82) is 0 Å². The number of unbranched alkanes of at least 4 members (excludes halogenated alkanes) is 1. The van der Waals surface area contributed by atoms with E-state index in [1.807, 2.05) is 41.3 Å². The second-order valence-electron chi connectivity index (χ2n) is 9.49. The standard InChI is InChI=1S/C26H35ClN4O5S.2ClH/c1-2-3-20-36-24-10-8-23(9-11-24)30-16-18-31(19-17-30)37(34,35)26(25(32)28-33)12-14-29(15-13-26)22-6-4-21(27)5-7-22;;/h4-11,33H,2-3,12-20H2,1H3,(H,28,32);2*1H. The molecule has 0 aromatic heterocycles. The number of piperazine rings is 1. The number of benzene rings is 2. The summed E-state index contributed by atoms with van der Waals surface area (Å²) >= 11 is 5.99. The number of anilines is 2. The lowest BCUT2D eigenvalue weighted by molar-refractivity contribution is -0.132. The van der Waals surface area contributed by atoms with Crippen LogP contribution in [0.5, 0.6) is 5.75 Å². The van der Waals surface area contributed by atoms with E-state index in [1.165, 1.54) is 4.31 Å². The predicted octanol–water partition coefficient (Wildman–Crippen LogP) is 4.36. The normalized spacial score (nSPS) is 17.5. The molecule has 0 atom stereocenters. The minimum Gasteiger partial charge on any atom is -0.494 e. The van der Waals surface area contributed by atoms with Crippen LogP contribution in [0.3, 0.4) is 0 Å². The minimum atomic E-state index is -4.03. The summed E-state index contributed by atoms with van der Waals surface area (Å²) in [7, 11) is -4.03. The van der Waals surface area contributed by atoms with Gasteiger partial charge in [-0.3, -0.25) is 10.0 Å². The Balaban J connectivity index is 0.00000267. The van der Waals surface area contributed by atoms with E-state index in [2.05, 4.69) is 11.8 Å². The molecule has 1 amide bonds. The average Bonchev–Trinajstić information content (AvgIpc) is 2.93. The fourth-order valence-electron chi connectivity index (χ4n) is 5.00. The van der Waals surface area contributed by atoms with Crippen molar-refractivity contribution >= 4 is 63.7 Å². The van der Waals surface area contributed by atoms with Crippen LogP contribution in [0.2, 0.25) is 5.02 Å². The summed E-state index contributed by atoms with van der Waals surface area (Å²) in [6.07, 6.45) is 2.23. The first-order valence-electron chi connectivity index (χ1n) is 12.7. The number of nitrogens with one attached hydrogen (secondary N) is 1. The maximum atomic E-state index is 13.8. The molecule has 4 rings (SSSR count). The average molecular weight is 624 g/mol. The number of hydrogen-bond acceptors (Lipinski definition) is 7. The highest BCUT2D eigenvalue weighted by atomic mass is 35.5. The molecule has 0 spiro atoms. The smallest absolute Gasteiger partial charge is 0.266 e. The van der Waals surface area contributed by atoms with E-state index in [-0.39, 0.29) is 50.7 Å². The minimum absolute atomic E-state index is 0. The molecule has 2 aromatic carbocycles. The summed E-state index contributed by atoms with van der Waals surface area (Å²) in [6.45, 7) is 5.06. The summed E-state index contributed by atoms with van der Waals surface area (Å²) in [5.74, 6) is -0.0512. The molecule has 2 aliphatic rings. The molecule has 0 radical (unpaired) electrons. The summed E-state index contributed by atoms with van der Waals surface area (Å²) in [5.41, 5.74) is 3.55. The lowest BCUT2D eigenvalue weighted by Crippen LogP contribution is -2.63. The molecule has 9 nitrogen and oxygen atoms in total. The maximum Gasteiger partial charge on any atom is 0.266 e. The maximum absolute atomic E-state index is 13.8. The van der Waals surface area contributed by atoms with Gasteiger partial charge in [0.2, 0.25) is 10.0 Å². The molecule has 2 heterocycles. The van der Waals surface area contributed by atoms with Gasteiger partial charge in [0.25, 0.3) is 5.91 Å². The Morgan fingerprint density at radius 1 is 0.923 bits per heavy atom. The second kappa shape index (κ2) is 14.6. The van der Waals surface area contributed by atoms with E-state index in [4.69, 9.17) is 16.3 Å². The van der Waals surface area contributed by atoms with Gasteiger partial charge >= 0.3 is 0 Å². The highest BCUT2D eigenvalue weighted by Gasteiger charge is 2.55. The van der Waals surface area contributed by atoms with E-state index >= 15 is 0 Å². The van der Waals surface area contributed by atoms with E-state index < -0.39 is 20.7 Å². The monoisotopic (exact) mass is 622 g/mol. The molecule has 0 aliphatic carbocycles. The molecule has 13 heteroatoms. The van der Waals surface area contributed by atoms with Crippen molar-refractivity contribution in [3.8, 4) is 5.75 Å². The van der Waals surface area contributed by atoms with Gasteiger partial charge in [-0.05, 0) is 67.8 Å². The number of sulfonamides is 1. The van der Waals surface area contributed by atoms with Crippen LogP contribution >= 0.6 is 36.4 Å². The Hall–Kier alpha value is -1.95. The summed E-state index contributed by atoms with van der Waals surface area (Å²) in [4.78, 5) is 17.0. The van der Waals surface area contributed by atoms with Gasteiger partial charge < -0.3 is 14.5 Å².